The minimum atomic E-state index is -3.28. The van der Waals surface area contributed by atoms with Crippen molar-refractivity contribution in [2.75, 3.05) is 25.9 Å². The number of nitrogens with zero attached hydrogens (tertiary/aromatic N) is 2. The molecule has 0 spiro atoms. The van der Waals surface area contributed by atoms with Crippen LogP contribution in [0.1, 0.15) is 21.5 Å². The number of hydrogen-bond acceptors (Lipinski definition) is 6. The number of pyridine rings is 1. The molecule has 2 N–H and O–H groups in total. The van der Waals surface area contributed by atoms with Crippen molar-refractivity contribution >= 4 is 17.7 Å². The SMILES string of the molecule is COC(=O)c1cnc(N)c(O[C@H]2CN(C(=O)Cc3ccc(C)cc3)CC2(F)F)c1. The standard InChI is InChI=1S/C20H21F2N3O4/c1-12-3-5-13(6-4-12)7-17(26)25-10-16(20(21,22)11-25)29-15-8-14(19(27)28-2)9-24-18(15)23/h3-6,8-9,16H,7,10-11H2,1-2H3,(H2,23,24)/t16-/m0/s1. The molecule has 1 fully saturated rings. The van der Waals surface area contributed by atoms with Crippen LogP contribution < -0.4 is 10.5 Å². The zero-order chi connectivity index (χ0) is 21.2. The summed E-state index contributed by atoms with van der Waals surface area (Å²) in [5.74, 6) is -4.70. The zero-order valence-corrected chi connectivity index (χ0v) is 16.0. The first-order chi connectivity index (χ1) is 13.7. The summed E-state index contributed by atoms with van der Waals surface area (Å²) in [5.41, 5.74) is 7.50. The molecule has 2 aromatic rings. The lowest BCUT2D eigenvalue weighted by Crippen LogP contribution is -2.36. The van der Waals surface area contributed by atoms with Crippen LogP contribution in [0.4, 0.5) is 14.6 Å². The number of ether oxygens (including phenoxy) is 2. The van der Waals surface area contributed by atoms with Gasteiger partial charge in [-0.2, -0.15) is 0 Å². The van der Waals surface area contributed by atoms with Gasteiger partial charge in [-0.25, -0.2) is 18.6 Å². The van der Waals surface area contributed by atoms with Crippen molar-refractivity contribution < 1.29 is 27.8 Å². The van der Waals surface area contributed by atoms with Crippen molar-refractivity contribution in [1.82, 2.24) is 9.88 Å². The number of carbonyl (C=O) groups is 2. The lowest BCUT2D eigenvalue weighted by atomic mass is 10.1. The average molecular weight is 405 g/mol. The van der Waals surface area contributed by atoms with Crippen LogP contribution in [0.5, 0.6) is 5.75 Å². The number of amides is 1. The molecular weight excluding hydrogens is 384 g/mol. The number of methoxy groups -OCH3 is 1. The molecule has 29 heavy (non-hydrogen) atoms. The number of aromatic nitrogens is 1. The Morgan fingerprint density at radius 1 is 1.31 bits per heavy atom. The van der Waals surface area contributed by atoms with Crippen LogP contribution in [0.25, 0.3) is 0 Å². The molecule has 1 aromatic heterocycles. The third-order valence-corrected chi connectivity index (χ3v) is 4.66. The van der Waals surface area contributed by atoms with Crippen molar-refractivity contribution in [3.63, 3.8) is 0 Å². The highest BCUT2D eigenvalue weighted by Crippen LogP contribution is 2.33. The molecule has 1 saturated heterocycles. The number of anilines is 1. The number of benzene rings is 1. The van der Waals surface area contributed by atoms with Gasteiger partial charge in [0.05, 0.1) is 32.2 Å². The molecule has 1 aromatic carbocycles. The predicted molar refractivity (Wildman–Crippen MR) is 101 cm³/mol. The largest absolute Gasteiger partial charge is 0.478 e. The summed E-state index contributed by atoms with van der Waals surface area (Å²) >= 11 is 0. The van der Waals surface area contributed by atoms with E-state index >= 15 is 0 Å². The average Bonchev–Trinajstić information content (AvgIpc) is 2.99. The summed E-state index contributed by atoms with van der Waals surface area (Å²) in [7, 11) is 1.18. The number of likely N-dealkylation sites (tertiary alicyclic amines) is 1. The van der Waals surface area contributed by atoms with Gasteiger partial charge in [0, 0.05) is 12.3 Å². The molecule has 1 amide bonds. The summed E-state index contributed by atoms with van der Waals surface area (Å²) < 4.78 is 38.9. The van der Waals surface area contributed by atoms with Gasteiger partial charge in [0.1, 0.15) is 0 Å². The minimum absolute atomic E-state index is 0.0185. The van der Waals surface area contributed by atoms with Crippen LogP contribution >= 0.6 is 0 Å². The highest BCUT2D eigenvalue weighted by molar-refractivity contribution is 5.89. The van der Waals surface area contributed by atoms with Crippen LogP contribution in [-0.4, -0.2) is 54.0 Å². The smallest absolute Gasteiger partial charge is 0.339 e. The van der Waals surface area contributed by atoms with E-state index in [4.69, 9.17) is 10.5 Å². The maximum absolute atomic E-state index is 14.5. The molecule has 0 bridgehead atoms. The normalized spacial score (nSPS) is 17.8. The van der Waals surface area contributed by atoms with Gasteiger partial charge in [0.15, 0.2) is 17.7 Å². The maximum atomic E-state index is 14.5. The molecule has 1 aliphatic rings. The van der Waals surface area contributed by atoms with E-state index in [1.165, 1.54) is 13.2 Å². The molecular formula is C20H21F2N3O4. The Bertz CT molecular complexity index is 918. The van der Waals surface area contributed by atoms with E-state index in [0.29, 0.717) is 0 Å². The molecule has 0 radical (unpaired) electrons. The second-order valence-electron chi connectivity index (χ2n) is 6.90. The summed E-state index contributed by atoms with van der Waals surface area (Å²) in [6, 6.07) is 8.50. The minimum Gasteiger partial charge on any atom is -0.478 e. The second kappa shape index (κ2) is 8.02. The number of esters is 1. The van der Waals surface area contributed by atoms with Crippen molar-refractivity contribution in [2.45, 2.75) is 25.4 Å². The van der Waals surface area contributed by atoms with E-state index in [9.17, 15) is 18.4 Å². The molecule has 2 heterocycles. The molecule has 1 atom stereocenters. The van der Waals surface area contributed by atoms with E-state index in [1.54, 1.807) is 12.1 Å². The molecule has 1 aliphatic heterocycles. The van der Waals surface area contributed by atoms with Gasteiger partial charge in [-0.3, -0.25) is 4.79 Å². The number of nitrogen functional groups attached to an aromatic ring is 1. The summed E-state index contributed by atoms with van der Waals surface area (Å²) in [4.78, 5) is 28.9. The van der Waals surface area contributed by atoms with Gasteiger partial charge in [0.2, 0.25) is 5.91 Å². The predicted octanol–water partition coefficient (Wildman–Crippen LogP) is 2.23. The molecule has 0 aliphatic carbocycles. The van der Waals surface area contributed by atoms with Crippen LogP contribution in [-0.2, 0) is 16.0 Å². The van der Waals surface area contributed by atoms with Crippen molar-refractivity contribution in [2.24, 2.45) is 0 Å². The number of carbonyl (C=O) groups excluding carboxylic acids is 2. The highest BCUT2D eigenvalue weighted by atomic mass is 19.3. The van der Waals surface area contributed by atoms with E-state index in [2.05, 4.69) is 9.72 Å². The van der Waals surface area contributed by atoms with Crippen LogP contribution in [0, 0.1) is 6.92 Å². The van der Waals surface area contributed by atoms with Crippen molar-refractivity contribution in [3.05, 3.63) is 53.2 Å². The zero-order valence-electron chi connectivity index (χ0n) is 16.0. The fraction of sp³-hybridized carbons (Fsp3) is 0.350. The van der Waals surface area contributed by atoms with Crippen molar-refractivity contribution in [3.8, 4) is 5.75 Å². The summed E-state index contributed by atoms with van der Waals surface area (Å²) in [6.45, 7) is 0.857. The number of aryl methyl sites for hydroxylation is 1. The monoisotopic (exact) mass is 405 g/mol. The fourth-order valence-corrected chi connectivity index (χ4v) is 2.99. The molecule has 0 unspecified atom stereocenters. The third-order valence-electron chi connectivity index (χ3n) is 4.66. The summed E-state index contributed by atoms with van der Waals surface area (Å²) in [5, 5.41) is 0. The van der Waals surface area contributed by atoms with Crippen LogP contribution in [0.3, 0.4) is 0 Å². The topological polar surface area (TPSA) is 94.8 Å². The van der Waals surface area contributed by atoms with Crippen LogP contribution in [0.2, 0.25) is 0 Å². The molecule has 154 valence electrons. The number of hydrogen-bond donors (Lipinski definition) is 1. The van der Waals surface area contributed by atoms with Gasteiger partial charge in [-0.05, 0) is 12.5 Å². The first-order valence-corrected chi connectivity index (χ1v) is 8.91. The molecule has 7 nitrogen and oxygen atoms in total. The van der Waals surface area contributed by atoms with E-state index in [0.717, 1.165) is 22.2 Å². The highest BCUT2D eigenvalue weighted by Gasteiger charge is 2.51. The Balaban J connectivity index is 1.72. The molecule has 0 saturated carbocycles. The Morgan fingerprint density at radius 2 is 2.00 bits per heavy atom. The van der Waals surface area contributed by atoms with Gasteiger partial charge in [0.25, 0.3) is 0 Å². The molecule has 9 heteroatoms. The number of rotatable bonds is 5. The first-order valence-electron chi connectivity index (χ1n) is 8.91. The van der Waals surface area contributed by atoms with Crippen molar-refractivity contribution in [1.29, 1.82) is 0 Å². The first kappa shape index (κ1) is 20.5. The van der Waals surface area contributed by atoms with Gasteiger partial charge >= 0.3 is 11.9 Å². The fourth-order valence-electron chi connectivity index (χ4n) is 2.99. The van der Waals surface area contributed by atoms with Gasteiger partial charge in [-0.15, -0.1) is 0 Å². The van der Waals surface area contributed by atoms with E-state index in [-0.39, 0.29) is 30.1 Å². The quantitative estimate of drug-likeness (QED) is 0.767. The van der Waals surface area contributed by atoms with Gasteiger partial charge in [-0.1, -0.05) is 29.8 Å². The summed E-state index contributed by atoms with van der Waals surface area (Å²) in [6.07, 6.45) is -0.426. The number of nitrogens with two attached hydrogens (primary N) is 1. The van der Waals surface area contributed by atoms with E-state index in [1.807, 2.05) is 19.1 Å². The molecule has 3 rings (SSSR count). The Morgan fingerprint density at radius 3 is 2.66 bits per heavy atom. The van der Waals surface area contributed by atoms with Gasteiger partial charge < -0.3 is 20.1 Å². The number of halogens is 2. The number of alkyl halides is 2. The Labute approximate surface area is 166 Å². The lowest BCUT2D eigenvalue weighted by molar-refractivity contribution is -0.131. The maximum Gasteiger partial charge on any atom is 0.339 e. The third kappa shape index (κ3) is 4.61. The van der Waals surface area contributed by atoms with Crippen LogP contribution in [0.15, 0.2) is 36.5 Å². The Kier molecular flexibility index (Phi) is 5.67. The lowest BCUT2D eigenvalue weighted by Gasteiger charge is -2.20. The van der Waals surface area contributed by atoms with E-state index < -0.39 is 30.4 Å². The Hall–Kier alpha value is -3.23. The second-order valence-corrected chi connectivity index (χ2v) is 6.90.